The smallest absolute Gasteiger partial charge is 0.343 e. The number of halogens is 2. The summed E-state index contributed by atoms with van der Waals surface area (Å²) in [5.41, 5.74) is 4.50. The number of rotatable bonds is 3. The average Bonchev–Trinajstić information content (AvgIpc) is 2.26. The van der Waals surface area contributed by atoms with Crippen molar-refractivity contribution in [2.45, 2.75) is 6.43 Å². The number of anilines is 1. The third kappa shape index (κ3) is 2.02. The van der Waals surface area contributed by atoms with Crippen molar-refractivity contribution in [1.29, 1.82) is 0 Å². The lowest BCUT2D eigenvalue weighted by Crippen LogP contribution is -2.11. The Hall–Kier alpha value is -1.92. The third-order valence-corrected chi connectivity index (χ3v) is 1.89. The number of methoxy groups -OCH3 is 2. The Morgan fingerprint density at radius 3 is 2.56 bits per heavy atom. The molecule has 88 valence electrons. The van der Waals surface area contributed by atoms with Gasteiger partial charge in [0, 0.05) is 0 Å². The molecule has 0 aromatic carbocycles. The molecule has 7 heteroatoms. The van der Waals surface area contributed by atoms with Crippen LogP contribution in [-0.2, 0) is 4.74 Å². The first kappa shape index (κ1) is 12.2. The molecule has 0 saturated heterocycles. The summed E-state index contributed by atoms with van der Waals surface area (Å²) in [7, 11) is 2.26. The van der Waals surface area contributed by atoms with Gasteiger partial charge < -0.3 is 15.2 Å². The van der Waals surface area contributed by atoms with E-state index >= 15 is 0 Å². The molecule has 0 aliphatic heterocycles. The molecule has 0 atom stereocenters. The molecule has 16 heavy (non-hydrogen) atoms. The van der Waals surface area contributed by atoms with Crippen molar-refractivity contribution in [2.75, 3.05) is 20.0 Å². The normalized spacial score (nSPS) is 10.3. The Kier molecular flexibility index (Phi) is 3.60. The molecule has 0 bridgehead atoms. The monoisotopic (exact) mass is 232 g/mol. The van der Waals surface area contributed by atoms with E-state index in [1.807, 2.05) is 0 Å². The number of aromatic nitrogens is 1. The zero-order valence-electron chi connectivity index (χ0n) is 8.66. The van der Waals surface area contributed by atoms with E-state index in [-0.39, 0.29) is 17.0 Å². The molecule has 0 saturated carbocycles. The predicted molar refractivity (Wildman–Crippen MR) is 51.5 cm³/mol. The zero-order chi connectivity index (χ0) is 12.3. The maximum Gasteiger partial charge on any atom is 0.343 e. The predicted octanol–water partition coefficient (Wildman–Crippen LogP) is 1.40. The second-order valence-corrected chi connectivity index (χ2v) is 2.80. The summed E-state index contributed by atoms with van der Waals surface area (Å²) in [6.45, 7) is 0. The van der Waals surface area contributed by atoms with Gasteiger partial charge >= 0.3 is 5.97 Å². The number of carbonyl (C=O) groups excluding carboxylic acids is 1. The molecule has 0 fully saturated rings. The van der Waals surface area contributed by atoms with Crippen LogP contribution in [0.2, 0.25) is 0 Å². The van der Waals surface area contributed by atoms with E-state index in [0.717, 1.165) is 20.4 Å². The fraction of sp³-hybridized carbons (Fsp3) is 0.333. The van der Waals surface area contributed by atoms with Gasteiger partial charge in [-0.3, -0.25) is 0 Å². The first-order chi connectivity index (χ1) is 7.52. The van der Waals surface area contributed by atoms with Crippen LogP contribution in [0, 0.1) is 0 Å². The Morgan fingerprint density at radius 2 is 2.12 bits per heavy atom. The van der Waals surface area contributed by atoms with Crippen LogP contribution in [0.25, 0.3) is 0 Å². The fourth-order valence-electron chi connectivity index (χ4n) is 1.20. The number of nitrogens with zero attached hydrogens (tertiary/aromatic N) is 1. The lowest BCUT2D eigenvalue weighted by atomic mass is 10.1. The number of nitrogen functional groups attached to an aromatic ring is 1. The van der Waals surface area contributed by atoms with E-state index in [2.05, 4.69) is 9.72 Å². The molecule has 0 aliphatic rings. The van der Waals surface area contributed by atoms with Gasteiger partial charge in [-0.1, -0.05) is 0 Å². The van der Waals surface area contributed by atoms with Crippen molar-refractivity contribution in [1.82, 2.24) is 4.98 Å². The maximum absolute atomic E-state index is 12.6. The van der Waals surface area contributed by atoms with E-state index in [4.69, 9.17) is 10.5 Å². The van der Waals surface area contributed by atoms with Crippen LogP contribution in [0.3, 0.4) is 0 Å². The Balaban J connectivity index is 3.44. The molecule has 1 rings (SSSR count). The lowest BCUT2D eigenvalue weighted by molar-refractivity contribution is 0.0597. The number of nitrogens with two attached hydrogens (primary N) is 1. The number of esters is 1. The van der Waals surface area contributed by atoms with Gasteiger partial charge in [0.05, 0.1) is 26.1 Å². The van der Waals surface area contributed by atoms with Gasteiger partial charge in [-0.2, -0.15) is 0 Å². The van der Waals surface area contributed by atoms with E-state index in [1.54, 1.807) is 0 Å². The average molecular weight is 232 g/mol. The summed E-state index contributed by atoms with van der Waals surface area (Å²) in [6, 6.07) is 0. The summed E-state index contributed by atoms with van der Waals surface area (Å²) in [5.74, 6) is -1.21. The van der Waals surface area contributed by atoms with Gasteiger partial charge in [0.2, 0.25) is 0 Å². The quantitative estimate of drug-likeness (QED) is 0.797. The highest BCUT2D eigenvalue weighted by molar-refractivity contribution is 5.98. The van der Waals surface area contributed by atoms with E-state index in [9.17, 15) is 13.6 Å². The Labute approximate surface area is 90.2 Å². The van der Waals surface area contributed by atoms with Crippen LogP contribution in [0.15, 0.2) is 6.20 Å². The zero-order valence-corrected chi connectivity index (χ0v) is 8.66. The Morgan fingerprint density at radius 1 is 1.50 bits per heavy atom. The summed E-state index contributed by atoms with van der Waals surface area (Å²) >= 11 is 0. The third-order valence-electron chi connectivity index (χ3n) is 1.89. The van der Waals surface area contributed by atoms with Gasteiger partial charge in [-0.15, -0.1) is 0 Å². The minimum atomic E-state index is -2.86. The van der Waals surface area contributed by atoms with Crippen LogP contribution in [0.1, 0.15) is 22.5 Å². The molecular formula is C9H10F2N2O3. The number of alkyl halides is 2. The molecule has 0 amide bonds. The summed E-state index contributed by atoms with van der Waals surface area (Å²) in [4.78, 5) is 14.8. The molecule has 1 aromatic rings. The summed E-state index contributed by atoms with van der Waals surface area (Å²) in [5, 5.41) is 0. The molecular weight excluding hydrogens is 222 g/mol. The lowest BCUT2D eigenvalue weighted by Gasteiger charge is -2.12. The minimum Gasteiger partial charge on any atom is -0.494 e. The molecule has 0 radical (unpaired) electrons. The largest absolute Gasteiger partial charge is 0.494 e. The fourth-order valence-corrected chi connectivity index (χ4v) is 1.20. The molecule has 0 aliphatic carbocycles. The van der Waals surface area contributed by atoms with Crippen LogP contribution in [0.4, 0.5) is 14.5 Å². The van der Waals surface area contributed by atoms with Crippen molar-refractivity contribution in [3.8, 4) is 5.75 Å². The highest BCUT2D eigenvalue weighted by atomic mass is 19.3. The second-order valence-electron chi connectivity index (χ2n) is 2.80. The summed E-state index contributed by atoms with van der Waals surface area (Å²) in [6.07, 6.45) is -1.89. The van der Waals surface area contributed by atoms with Crippen LogP contribution < -0.4 is 10.5 Å². The number of hydrogen-bond acceptors (Lipinski definition) is 5. The highest BCUT2D eigenvalue weighted by Crippen LogP contribution is 2.33. The van der Waals surface area contributed by atoms with Crippen molar-refractivity contribution < 1.29 is 23.0 Å². The van der Waals surface area contributed by atoms with Crippen molar-refractivity contribution in [2.24, 2.45) is 0 Å². The Bertz CT molecular complexity index is 410. The molecule has 2 N–H and O–H groups in total. The maximum atomic E-state index is 12.6. The van der Waals surface area contributed by atoms with Crippen molar-refractivity contribution >= 4 is 11.7 Å². The van der Waals surface area contributed by atoms with E-state index in [0.29, 0.717) is 0 Å². The highest BCUT2D eigenvalue weighted by Gasteiger charge is 2.25. The van der Waals surface area contributed by atoms with Crippen LogP contribution >= 0.6 is 0 Å². The second kappa shape index (κ2) is 4.73. The van der Waals surface area contributed by atoms with Gasteiger partial charge in [-0.05, 0) is 0 Å². The molecule has 1 aromatic heterocycles. The molecule has 0 unspecified atom stereocenters. The molecule has 1 heterocycles. The molecule has 5 nitrogen and oxygen atoms in total. The van der Waals surface area contributed by atoms with E-state index in [1.165, 1.54) is 0 Å². The van der Waals surface area contributed by atoms with Gasteiger partial charge in [-0.25, -0.2) is 18.6 Å². The first-order valence-corrected chi connectivity index (χ1v) is 4.21. The van der Waals surface area contributed by atoms with E-state index < -0.39 is 18.1 Å². The SMILES string of the molecule is COC(=O)c1c(N)cnc(C(F)F)c1OC. The standard InChI is InChI=1S/C9H10F2N2O3/c1-15-7-5(9(14)16-2)4(12)3-13-6(7)8(10)11/h3,8H,12H2,1-2H3. The summed E-state index contributed by atoms with van der Waals surface area (Å²) < 4.78 is 34.3. The van der Waals surface area contributed by atoms with Gasteiger partial charge in [0.15, 0.2) is 5.75 Å². The molecule has 0 spiro atoms. The first-order valence-electron chi connectivity index (χ1n) is 4.21. The van der Waals surface area contributed by atoms with Gasteiger partial charge in [0.25, 0.3) is 6.43 Å². The van der Waals surface area contributed by atoms with Gasteiger partial charge in [0.1, 0.15) is 11.3 Å². The number of carbonyl (C=O) groups is 1. The number of ether oxygens (including phenoxy) is 2. The van der Waals surface area contributed by atoms with Crippen LogP contribution in [-0.4, -0.2) is 25.2 Å². The minimum absolute atomic E-state index is 0.0758. The van der Waals surface area contributed by atoms with Crippen molar-refractivity contribution in [3.05, 3.63) is 17.5 Å². The number of hydrogen-bond donors (Lipinski definition) is 1. The van der Waals surface area contributed by atoms with Crippen LogP contribution in [0.5, 0.6) is 5.75 Å². The number of pyridine rings is 1. The van der Waals surface area contributed by atoms with Crippen molar-refractivity contribution in [3.63, 3.8) is 0 Å². The topological polar surface area (TPSA) is 74.4 Å².